The molecule has 0 saturated heterocycles. The van der Waals surface area contributed by atoms with E-state index in [-0.39, 0.29) is 34.2 Å². The average molecular weight is 393 g/mol. The summed E-state index contributed by atoms with van der Waals surface area (Å²) >= 11 is 0. The average Bonchev–Trinajstić information content (AvgIpc) is 2.05. The summed E-state index contributed by atoms with van der Waals surface area (Å²) in [6, 6.07) is 0. The molecule has 0 N–H and O–H groups in total. The SMILES string of the molecule is CC([O-])C(=O)[O-].[N-]CC1CCC1C[N-].[Pt+4]. The van der Waals surface area contributed by atoms with Gasteiger partial charge >= 0.3 is 21.1 Å². The molecule has 1 aliphatic rings. The molecule has 3 unspecified atom stereocenters. The Balaban J connectivity index is 0. The minimum absolute atomic E-state index is 0. The van der Waals surface area contributed by atoms with Crippen LogP contribution in [0.4, 0.5) is 0 Å². The van der Waals surface area contributed by atoms with Crippen molar-refractivity contribution >= 4 is 5.97 Å². The molecule has 1 saturated carbocycles. The van der Waals surface area contributed by atoms with Gasteiger partial charge in [0, 0.05) is 5.97 Å². The fraction of sp³-hybridized carbons (Fsp3) is 0.889. The largest absolute Gasteiger partial charge is 4.00 e. The molecule has 1 aliphatic carbocycles. The summed E-state index contributed by atoms with van der Waals surface area (Å²) in [5.74, 6) is -0.741. The van der Waals surface area contributed by atoms with Gasteiger partial charge in [0.25, 0.3) is 0 Å². The van der Waals surface area contributed by atoms with Gasteiger partial charge in [-0.15, -0.1) is 0 Å². The standard InChI is InChI=1S/C6H10N2.C3H5O3.Pt/c7-3-5-1-2-6(5)4-8;1-2(4)3(5)6;/h5-6H,1-4H2;2H,1H3,(H,5,6);/q-2;-1;+4/p-1. The zero-order valence-corrected chi connectivity index (χ0v) is 10.8. The molecule has 0 aromatic rings. The number of carboxylic acids is 1. The summed E-state index contributed by atoms with van der Waals surface area (Å²) in [4.78, 5) is 9.28. The van der Waals surface area contributed by atoms with Gasteiger partial charge in [-0.2, -0.15) is 13.1 Å². The third-order valence-electron chi connectivity index (χ3n) is 2.38. The van der Waals surface area contributed by atoms with Crippen molar-refractivity contribution in [3.8, 4) is 0 Å². The molecule has 0 aromatic heterocycles. The van der Waals surface area contributed by atoms with E-state index < -0.39 is 12.1 Å². The van der Waals surface area contributed by atoms with E-state index in [1.807, 2.05) is 0 Å². The van der Waals surface area contributed by atoms with Gasteiger partial charge in [0.2, 0.25) is 0 Å². The smallest absolute Gasteiger partial charge is 0.848 e. The molecule has 6 heteroatoms. The number of hydrogen-bond acceptors (Lipinski definition) is 3. The van der Waals surface area contributed by atoms with Crippen LogP contribution in [-0.4, -0.2) is 25.2 Å². The van der Waals surface area contributed by atoms with Crippen molar-refractivity contribution in [1.29, 1.82) is 0 Å². The first kappa shape index (κ1) is 17.4. The molecular weight excluding hydrogens is 379 g/mol. The van der Waals surface area contributed by atoms with Crippen LogP contribution in [0.3, 0.4) is 0 Å². The Hall–Kier alpha value is 0.0383. The third kappa shape index (κ3) is 7.01. The molecular formula is C9H14N2O3Pt. The summed E-state index contributed by atoms with van der Waals surface area (Å²) < 4.78 is 0. The zero-order chi connectivity index (χ0) is 11.1. The number of nitrogens with zero attached hydrogens (tertiary/aromatic N) is 2. The summed E-state index contributed by atoms with van der Waals surface area (Å²) in [7, 11) is 0. The van der Waals surface area contributed by atoms with Crippen molar-refractivity contribution in [1.82, 2.24) is 0 Å². The normalized spacial score (nSPS) is 25.1. The Morgan fingerprint density at radius 2 is 1.60 bits per heavy atom. The predicted molar refractivity (Wildman–Crippen MR) is 47.1 cm³/mol. The van der Waals surface area contributed by atoms with Gasteiger partial charge in [-0.25, -0.2) is 0 Å². The summed E-state index contributed by atoms with van der Waals surface area (Å²) in [6.07, 6.45) is 0.605. The van der Waals surface area contributed by atoms with E-state index in [0.29, 0.717) is 11.8 Å². The van der Waals surface area contributed by atoms with E-state index in [1.165, 1.54) is 0 Å². The van der Waals surface area contributed by atoms with E-state index in [9.17, 15) is 15.0 Å². The van der Waals surface area contributed by atoms with Crippen LogP contribution >= 0.6 is 0 Å². The number of carboxylic acid groups (broad SMARTS) is 1. The fourth-order valence-corrected chi connectivity index (χ4v) is 1.12. The molecule has 0 aromatic carbocycles. The number of hydrogen-bond donors (Lipinski definition) is 0. The van der Waals surface area contributed by atoms with Gasteiger partial charge in [0.1, 0.15) is 0 Å². The van der Waals surface area contributed by atoms with Crippen molar-refractivity contribution in [2.75, 3.05) is 13.1 Å². The quantitative estimate of drug-likeness (QED) is 0.625. The second-order valence-corrected chi connectivity index (χ2v) is 3.42. The Kier molecular flexibility index (Phi) is 10.8. The molecule has 5 nitrogen and oxygen atoms in total. The summed E-state index contributed by atoms with van der Waals surface area (Å²) in [5.41, 5.74) is 17.2. The molecule has 3 atom stereocenters. The Morgan fingerprint density at radius 3 is 1.67 bits per heavy atom. The van der Waals surface area contributed by atoms with Crippen LogP contribution in [0.1, 0.15) is 19.8 Å². The van der Waals surface area contributed by atoms with Crippen LogP contribution in [0.15, 0.2) is 0 Å². The first-order chi connectivity index (χ1) is 6.52. The van der Waals surface area contributed by atoms with Crippen molar-refractivity contribution in [2.24, 2.45) is 11.8 Å². The number of rotatable bonds is 3. The summed E-state index contributed by atoms with van der Waals surface area (Å²) in [6.45, 7) is 1.53. The third-order valence-corrected chi connectivity index (χ3v) is 2.38. The predicted octanol–water partition coefficient (Wildman–Crippen LogP) is -0.829. The van der Waals surface area contributed by atoms with Gasteiger partial charge in [-0.1, -0.05) is 37.7 Å². The topological polar surface area (TPSA) is 108 Å². The number of aliphatic carboxylic acids is 1. The Bertz CT molecular complexity index is 165. The van der Waals surface area contributed by atoms with E-state index in [0.717, 1.165) is 19.8 Å². The fourth-order valence-electron chi connectivity index (χ4n) is 1.12. The number of carbonyl (C=O) groups is 1. The minimum atomic E-state index is -1.59. The van der Waals surface area contributed by atoms with Crippen LogP contribution in [0.2, 0.25) is 0 Å². The van der Waals surface area contributed by atoms with E-state index in [1.54, 1.807) is 0 Å². The zero-order valence-electron chi connectivity index (χ0n) is 8.50. The molecule has 0 bridgehead atoms. The second-order valence-electron chi connectivity index (χ2n) is 3.42. The van der Waals surface area contributed by atoms with Gasteiger partial charge in [-0.05, 0) is 0 Å². The van der Waals surface area contributed by atoms with Gasteiger partial charge < -0.3 is 26.5 Å². The van der Waals surface area contributed by atoms with Crippen LogP contribution < -0.4 is 10.2 Å². The maximum atomic E-state index is 9.56. The van der Waals surface area contributed by atoms with E-state index in [4.69, 9.17) is 11.5 Å². The molecule has 88 valence electrons. The Morgan fingerprint density at radius 1 is 1.33 bits per heavy atom. The van der Waals surface area contributed by atoms with E-state index in [2.05, 4.69) is 0 Å². The molecule has 0 heterocycles. The Labute approximate surface area is 104 Å². The molecule has 1 fully saturated rings. The van der Waals surface area contributed by atoms with Crippen LogP contribution in [0.5, 0.6) is 0 Å². The van der Waals surface area contributed by atoms with Gasteiger partial charge in [0.05, 0.1) is 0 Å². The molecule has 15 heavy (non-hydrogen) atoms. The molecule has 1 rings (SSSR count). The van der Waals surface area contributed by atoms with Crippen LogP contribution in [0.25, 0.3) is 11.5 Å². The first-order valence-corrected chi connectivity index (χ1v) is 4.61. The van der Waals surface area contributed by atoms with Crippen LogP contribution in [-0.2, 0) is 25.9 Å². The van der Waals surface area contributed by atoms with Crippen LogP contribution in [0, 0.1) is 11.8 Å². The van der Waals surface area contributed by atoms with Crippen molar-refractivity contribution in [3.63, 3.8) is 0 Å². The van der Waals surface area contributed by atoms with E-state index >= 15 is 0 Å². The van der Waals surface area contributed by atoms with Crippen molar-refractivity contribution in [2.45, 2.75) is 25.9 Å². The maximum Gasteiger partial charge on any atom is 4.00 e. The van der Waals surface area contributed by atoms with Gasteiger partial charge in [0.15, 0.2) is 0 Å². The maximum absolute atomic E-state index is 9.56. The summed E-state index contributed by atoms with van der Waals surface area (Å²) in [5, 5.41) is 18.8. The molecule has 0 amide bonds. The molecule has 0 aliphatic heterocycles. The first-order valence-electron chi connectivity index (χ1n) is 4.61. The second kappa shape index (κ2) is 9.28. The van der Waals surface area contributed by atoms with Gasteiger partial charge in [-0.3, -0.25) is 0 Å². The van der Waals surface area contributed by atoms with Crippen molar-refractivity contribution in [3.05, 3.63) is 11.5 Å². The number of carbonyl (C=O) groups excluding carboxylic acids is 1. The molecule has 0 spiro atoms. The molecule has 2 radical (unpaired) electrons. The monoisotopic (exact) mass is 393 g/mol. The minimum Gasteiger partial charge on any atom is -0.848 e. The van der Waals surface area contributed by atoms with Crippen molar-refractivity contribution < 1.29 is 36.1 Å².